The molecule has 1 amide bonds. The topological polar surface area (TPSA) is 74.8 Å². The minimum absolute atomic E-state index is 0.0618. The molecule has 0 fully saturated rings. The zero-order valence-electron chi connectivity index (χ0n) is 9.73. The Hall–Kier alpha value is -0.620. The van der Waals surface area contributed by atoms with Gasteiger partial charge in [-0.05, 0) is 56.7 Å². The van der Waals surface area contributed by atoms with Crippen LogP contribution in [0.15, 0.2) is 38.3 Å². The number of phenolic OH excluding ortho intramolecular Hbond substituents is 1. The highest BCUT2D eigenvalue weighted by Gasteiger charge is 2.07. The summed E-state index contributed by atoms with van der Waals surface area (Å²) >= 11 is 7.32. The van der Waals surface area contributed by atoms with Gasteiger partial charge in [-0.25, -0.2) is 5.43 Å². The van der Waals surface area contributed by atoms with Crippen LogP contribution < -0.4 is 5.43 Å². The smallest absolute Gasteiger partial charge is 0.271 e. The number of amides is 1. The predicted octanol–water partition coefficient (Wildman–Crippen LogP) is 3.72. The molecule has 1 aromatic heterocycles. The van der Waals surface area contributed by atoms with Crippen molar-refractivity contribution in [1.82, 2.24) is 5.43 Å². The molecular weight excluding hydrogens is 554 g/mol. The molecule has 20 heavy (non-hydrogen) atoms. The zero-order chi connectivity index (χ0) is 14.7. The number of nitrogens with zero attached hydrogens (tertiary/aromatic N) is 1. The Balaban J connectivity index is 2.03. The number of furan rings is 1. The summed E-state index contributed by atoms with van der Waals surface area (Å²) in [6.07, 6.45) is 1.40. The summed E-state index contributed by atoms with van der Waals surface area (Å²) in [6.45, 7) is 0. The molecule has 0 radical (unpaired) electrons. The first kappa shape index (κ1) is 15.8. The fourth-order valence-electron chi connectivity index (χ4n) is 1.30. The molecule has 1 heterocycles. The summed E-state index contributed by atoms with van der Waals surface area (Å²) in [5.74, 6) is 0.173. The number of carbonyl (C=O) groups excluding carboxylic acids is 1. The molecule has 0 spiro atoms. The molecular formula is C12H7BrI2N2O3. The Morgan fingerprint density at radius 1 is 1.40 bits per heavy atom. The van der Waals surface area contributed by atoms with E-state index in [1.54, 1.807) is 18.2 Å². The van der Waals surface area contributed by atoms with Crippen molar-refractivity contribution in [3.8, 4) is 5.75 Å². The van der Waals surface area contributed by atoms with Crippen molar-refractivity contribution in [1.29, 1.82) is 0 Å². The highest BCUT2D eigenvalue weighted by atomic mass is 127. The van der Waals surface area contributed by atoms with Crippen molar-refractivity contribution in [2.45, 2.75) is 0 Å². The van der Waals surface area contributed by atoms with Gasteiger partial charge in [-0.15, -0.1) is 0 Å². The van der Waals surface area contributed by atoms with Crippen molar-refractivity contribution < 1.29 is 14.3 Å². The quantitative estimate of drug-likeness (QED) is 0.341. The van der Waals surface area contributed by atoms with Crippen LogP contribution in [0, 0.1) is 7.34 Å². The number of phenols is 1. The van der Waals surface area contributed by atoms with E-state index >= 15 is 0 Å². The van der Waals surface area contributed by atoms with E-state index in [1.807, 2.05) is 45.2 Å². The molecule has 5 nitrogen and oxygen atoms in total. The third-order valence-corrected chi connectivity index (χ3v) is 5.27. The zero-order valence-corrected chi connectivity index (χ0v) is 15.6. The van der Waals surface area contributed by atoms with E-state index in [0.29, 0.717) is 18.7 Å². The second-order valence-electron chi connectivity index (χ2n) is 3.64. The molecule has 2 rings (SSSR count). The summed E-state index contributed by atoms with van der Waals surface area (Å²) < 4.78 is 7.55. The van der Waals surface area contributed by atoms with Gasteiger partial charge in [0.1, 0.15) is 11.5 Å². The Morgan fingerprint density at radius 3 is 2.75 bits per heavy atom. The van der Waals surface area contributed by atoms with Crippen LogP contribution in [0.5, 0.6) is 5.75 Å². The maximum Gasteiger partial charge on any atom is 0.271 e. The van der Waals surface area contributed by atoms with Crippen molar-refractivity contribution in [3.63, 3.8) is 0 Å². The van der Waals surface area contributed by atoms with Gasteiger partial charge >= 0.3 is 0 Å². The van der Waals surface area contributed by atoms with E-state index < -0.39 is 5.91 Å². The van der Waals surface area contributed by atoms with Gasteiger partial charge in [-0.2, -0.15) is 5.10 Å². The number of hydrogen-bond acceptors (Lipinski definition) is 4. The molecule has 0 saturated heterocycles. The lowest BCUT2D eigenvalue weighted by atomic mass is 10.2. The molecule has 8 heteroatoms. The summed E-state index contributed by atoms with van der Waals surface area (Å²) in [5, 5.41) is 13.3. The molecule has 0 bridgehead atoms. The minimum Gasteiger partial charge on any atom is -0.507 e. The average molecular weight is 561 g/mol. The number of aromatic hydroxyl groups is 1. The van der Waals surface area contributed by atoms with Gasteiger partial charge in [0.05, 0.1) is 14.3 Å². The van der Waals surface area contributed by atoms with Gasteiger partial charge in [0, 0.05) is 34.2 Å². The van der Waals surface area contributed by atoms with E-state index in [9.17, 15) is 9.90 Å². The van der Waals surface area contributed by atoms with Gasteiger partial charge < -0.3 is 9.52 Å². The predicted molar refractivity (Wildman–Crippen MR) is 95.0 cm³/mol. The van der Waals surface area contributed by atoms with Crippen LogP contribution in [0.3, 0.4) is 0 Å². The number of nitrogens with one attached hydrogen (secondary N) is 1. The SMILES string of the molecule is O=C(N/N=C\c1cc(Br)c(I)o1)c1ccc(I)c(O)c1. The van der Waals surface area contributed by atoms with Crippen LogP contribution in [-0.2, 0) is 0 Å². The number of carbonyl (C=O) groups is 1. The van der Waals surface area contributed by atoms with Crippen molar-refractivity contribution >= 4 is 73.2 Å². The van der Waals surface area contributed by atoms with E-state index in [2.05, 4.69) is 26.5 Å². The van der Waals surface area contributed by atoms with E-state index in [1.165, 1.54) is 12.3 Å². The first-order valence-electron chi connectivity index (χ1n) is 5.24. The van der Waals surface area contributed by atoms with Crippen LogP contribution >= 0.6 is 61.1 Å². The second kappa shape index (κ2) is 6.89. The van der Waals surface area contributed by atoms with Crippen LogP contribution in [0.1, 0.15) is 16.1 Å². The van der Waals surface area contributed by atoms with Crippen molar-refractivity contribution in [2.75, 3.05) is 0 Å². The first-order valence-corrected chi connectivity index (χ1v) is 8.19. The molecule has 2 N–H and O–H groups in total. The van der Waals surface area contributed by atoms with E-state index in [0.717, 1.165) is 4.47 Å². The monoisotopic (exact) mass is 560 g/mol. The van der Waals surface area contributed by atoms with E-state index in [-0.39, 0.29) is 5.75 Å². The average Bonchev–Trinajstić information content (AvgIpc) is 2.72. The van der Waals surface area contributed by atoms with Crippen LogP contribution in [0.4, 0.5) is 0 Å². The van der Waals surface area contributed by atoms with Crippen molar-refractivity contribution in [3.05, 3.63) is 47.4 Å². The summed E-state index contributed by atoms with van der Waals surface area (Å²) in [6, 6.07) is 6.40. The standard InChI is InChI=1S/C12H7BrI2N2O3/c13-8-4-7(20-11(8)15)5-16-17-12(19)6-1-2-9(14)10(18)3-6/h1-5,18H,(H,17,19)/b16-5-. The number of benzene rings is 1. The van der Waals surface area contributed by atoms with Crippen molar-refractivity contribution in [2.24, 2.45) is 5.10 Å². The normalized spacial score (nSPS) is 10.9. The fraction of sp³-hybridized carbons (Fsp3) is 0. The van der Waals surface area contributed by atoms with Gasteiger partial charge in [0.15, 0.2) is 3.77 Å². The highest BCUT2D eigenvalue weighted by molar-refractivity contribution is 14.1. The molecule has 0 aliphatic carbocycles. The maximum absolute atomic E-state index is 11.8. The number of rotatable bonds is 3. The third-order valence-electron chi connectivity index (χ3n) is 2.23. The lowest BCUT2D eigenvalue weighted by Crippen LogP contribution is -2.17. The fourth-order valence-corrected chi connectivity index (χ4v) is 2.35. The van der Waals surface area contributed by atoms with Gasteiger partial charge in [-0.1, -0.05) is 0 Å². The molecule has 104 valence electrons. The third kappa shape index (κ3) is 3.95. The number of hydrazone groups is 1. The highest BCUT2D eigenvalue weighted by Crippen LogP contribution is 2.22. The molecule has 1 aromatic carbocycles. The van der Waals surface area contributed by atoms with Crippen LogP contribution in [0.25, 0.3) is 0 Å². The second-order valence-corrected chi connectivity index (χ2v) is 6.63. The Bertz CT molecular complexity index is 666. The van der Waals surface area contributed by atoms with Crippen LogP contribution in [0.2, 0.25) is 0 Å². The van der Waals surface area contributed by atoms with Gasteiger partial charge in [0.2, 0.25) is 0 Å². The first-order chi connectivity index (χ1) is 9.47. The Morgan fingerprint density at radius 2 is 2.15 bits per heavy atom. The number of halogens is 3. The molecule has 0 atom stereocenters. The summed E-state index contributed by atoms with van der Waals surface area (Å²) in [5.41, 5.74) is 2.69. The maximum atomic E-state index is 11.8. The molecule has 0 aliphatic rings. The lowest BCUT2D eigenvalue weighted by Gasteiger charge is -2.01. The molecule has 0 unspecified atom stereocenters. The number of hydrogen-bond donors (Lipinski definition) is 2. The molecule has 0 saturated carbocycles. The minimum atomic E-state index is -0.409. The Labute approximate surface area is 150 Å². The molecule has 0 aliphatic heterocycles. The van der Waals surface area contributed by atoms with Crippen LogP contribution in [-0.4, -0.2) is 17.2 Å². The van der Waals surface area contributed by atoms with E-state index in [4.69, 9.17) is 4.42 Å². The summed E-state index contributed by atoms with van der Waals surface area (Å²) in [4.78, 5) is 11.8. The Kier molecular flexibility index (Phi) is 5.43. The molecule has 2 aromatic rings. The largest absolute Gasteiger partial charge is 0.507 e. The summed E-state index contributed by atoms with van der Waals surface area (Å²) in [7, 11) is 0. The lowest BCUT2D eigenvalue weighted by molar-refractivity contribution is 0.0954. The van der Waals surface area contributed by atoms with Gasteiger partial charge in [0.25, 0.3) is 5.91 Å². The van der Waals surface area contributed by atoms with Gasteiger partial charge in [-0.3, -0.25) is 4.79 Å².